The number of fused-ring (bicyclic) bond motifs is 1. The molecule has 2 aliphatic rings. The van der Waals surface area contributed by atoms with E-state index < -0.39 is 4.92 Å². The van der Waals surface area contributed by atoms with Crippen LogP contribution >= 0.6 is 11.6 Å². The zero-order chi connectivity index (χ0) is 17.4. The molecule has 25 heavy (non-hydrogen) atoms. The van der Waals surface area contributed by atoms with Crippen molar-refractivity contribution in [1.29, 1.82) is 0 Å². The van der Waals surface area contributed by atoms with Crippen LogP contribution in [-0.2, 0) is 13.0 Å². The molecule has 0 spiro atoms. The van der Waals surface area contributed by atoms with E-state index in [9.17, 15) is 10.1 Å². The van der Waals surface area contributed by atoms with E-state index in [1.165, 1.54) is 25.0 Å². The Morgan fingerprint density at radius 1 is 1.16 bits per heavy atom. The molecule has 1 unspecified atom stereocenters. The van der Waals surface area contributed by atoms with E-state index >= 15 is 0 Å². The summed E-state index contributed by atoms with van der Waals surface area (Å²) in [5.74, 6) is 2.08. The number of hydrogen-bond acceptors (Lipinski definition) is 5. The van der Waals surface area contributed by atoms with Crippen LogP contribution in [0.2, 0.25) is 5.02 Å². The largest absolute Gasteiger partial charge is 0.360 e. The van der Waals surface area contributed by atoms with Crippen LogP contribution in [0.1, 0.15) is 49.8 Å². The average molecular weight is 362 g/mol. The van der Waals surface area contributed by atoms with Crippen molar-refractivity contribution in [3.05, 3.63) is 45.0 Å². The number of anilines is 1. The van der Waals surface area contributed by atoms with Gasteiger partial charge in [0, 0.05) is 31.6 Å². The van der Waals surface area contributed by atoms with E-state index in [1.807, 2.05) is 0 Å². The van der Waals surface area contributed by atoms with Gasteiger partial charge in [-0.1, -0.05) is 18.0 Å². The third kappa shape index (κ3) is 2.97. The maximum atomic E-state index is 10.9. The van der Waals surface area contributed by atoms with E-state index in [2.05, 4.69) is 19.7 Å². The Balaban J connectivity index is 1.68. The van der Waals surface area contributed by atoms with Crippen LogP contribution in [0.4, 0.5) is 11.4 Å². The van der Waals surface area contributed by atoms with Crippen LogP contribution in [0, 0.1) is 10.1 Å². The molecule has 3 heterocycles. The summed E-state index contributed by atoms with van der Waals surface area (Å²) >= 11 is 6.36. The number of nitro groups is 1. The maximum Gasteiger partial charge on any atom is 0.271 e. The molecule has 4 rings (SSSR count). The van der Waals surface area contributed by atoms with Gasteiger partial charge in [-0.3, -0.25) is 10.1 Å². The number of nitro benzene ring substituents is 1. The number of rotatable bonds is 3. The first kappa shape index (κ1) is 16.3. The molecule has 1 aromatic carbocycles. The second-order valence-corrected chi connectivity index (χ2v) is 7.09. The molecule has 2 aliphatic heterocycles. The van der Waals surface area contributed by atoms with E-state index in [0.717, 1.165) is 56.1 Å². The van der Waals surface area contributed by atoms with Crippen LogP contribution in [-0.4, -0.2) is 26.2 Å². The first-order chi connectivity index (χ1) is 12.1. The summed E-state index contributed by atoms with van der Waals surface area (Å²) in [5.41, 5.74) is 0.849. The fourth-order valence-electron chi connectivity index (χ4n) is 3.92. The third-order valence-corrected chi connectivity index (χ3v) is 5.44. The van der Waals surface area contributed by atoms with Gasteiger partial charge in [-0.05, 0) is 31.7 Å². The molecular formula is C17H20ClN5O2. The topological polar surface area (TPSA) is 77.1 Å². The molecule has 2 aromatic rings. The second kappa shape index (κ2) is 6.63. The Morgan fingerprint density at radius 2 is 2.04 bits per heavy atom. The molecular weight excluding hydrogens is 342 g/mol. The number of nitrogens with zero attached hydrogens (tertiary/aromatic N) is 5. The number of benzene rings is 1. The standard InChI is InChI=1S/C17H20ClN5O2/c18-13-11-12(23(24)25)7-8-14(13)21-10-4-5-15(21)17-20-19-16-6-2-1-3-9-22(16)17/h7-8,11,15H,1-6,9-10H2. The van der Waals surface area contributed by atoms with E-state index in [4.69, 9.17) is 11.6 Å². The predicted molar refractivity (Wildman–Crippen MR) is 95.0 cm³/mol. The van der Waals surface area contributed by atoms with Crippen molar-refractivity contribution in [3.63, 3.8) is 0 Å². The molecule has 1 fully saturated rings. The smallest absolute Gasteiger partial charge is 0.271 e. The lowest BCUT2D eigenvalue weighted by Crippen LogP contribution is -2.26. The van der Waals surface area contributed by atoms with Gasteiger partial charge >= 0.3 is 0 Å². The van der Waals surface area contributed by atoms with E-state index in [-0.39, 0.29) is 11.7 Å². The summed E-state index contributed by atoms with van der Waals surface area (Å²) in [6.45, 7) is 1.83. The quantitative estimate of drug-likeness (QED) is 0.612. The van der Waals surface area contributed by atoms with Gasteiger partial charge in [0.15, 0.2) is 5.82 Å². The van der Waals surface area contributed by atoms with E-state index in [0.29, 0.717) is 5.02 Å². The fraction of sp³-hybridized carbons (Fsp3) is 0.529. The van der Waals surface area contributed by atoms with Crippen molar-refractivity contribution in [1.82, 2.24) is 14.8 Å². The summed E-state index contributed by atoms with van der Waals surface area (Å²) in [5, 5.41) is 20.3. The molecule has 132 valence electrons. The lowest BCUT2D eigenvalue weighted by atomic mass is 10.2. The summed E-state index contributed by atoms with van der Waals surface area (Å²) < 4.78 is 2.27. The number of aryl methyl sites for hydroxylation is 1. The molecule has 1 saturated heterocycles. The van der Waals surface area contributed by atoms with Gasteiger partial charge in [0.25, 0.3) is 5.69 Å². The van der Waals surface area contributed by atoms with E-state index in [1.54, 1.807) is 6.07 Å². The zero-order valence-electron chi connectivity index (χ0n) is 13.9. The van der Waals surface area contributed by atoms with Crippen molar-refractivity contribution in [2.45, 2.75) is 51.1 Å². The highest BCUT2D eigenvalue weighted by molar-refractivity contribution is 6.33. The van der Waals surface area contributed by atoms with Crippen LogP contribution in [0.15, 0.2) is 18.2 Å². The Morgan fingerprint density at radius 3 is 2.84 bits per heavy atom. The van der Waals surface area contributed by atoms with Crippen LogP contribution in [0.3, 0.4) is 0 Å². The Hall–Kier alpha value is -2.15. The summed E-state index contributed by atoms with van der Waals surface area (Å²) in [7, 11) is 0. The predicted octanol–water partition coefficient (Wildman–Crippen LogP) is 3.91. The first-order valence-corrected chi connectivity index (χ1v) is 9.15. The molecule has 0 aliphatic carbocycles. The lowest BCUT2D eigenvalue weighted by Gasteiger charge is -2.27. The number of halogens is 1. The van der Waals surface area contributed by atoms with Crippen LogP contribution < -0.4 is 4.90 Å². The average Bonchev–Trinajstić information content (AvgIpc) is 3.15. The minimum absolute atomic E-state index is 0.0147. The van der Waals surface area contributed by atoms with Gasteiger partial charge in [-0.2, -0.15) is 0 Å². The zero-order valence-corrected chi connectivity index (χ0v) is 14.7. The normalized spacial score (nSPS) is 20.4. The highest BCUT2D eigenvalue weighted by Gasteiger charge is 2.33. The van der Waals surface area contributed by atoms with Crippen molar-refractivity contribution in [3.8, 4) is 0 Å². The number of hydrogen-bond donors (Lipinski definition) is 0. The fourth-order valence-corrected chi connectivity index (χ4v) is 4.20. The minimum Gasteiger partial charge on any atom is -0.360 e. The highest BCUT2D eigenvalue weighted by atomic mass is 35.5. The summed E-state index contributed by atoms with van der Waals surface area (Å²) in [6.07, 6.45) is 6.57. The SMILES string of the molecule is O=[N+]([O-])c1ccc(N2CCCC2c2nnc3n2CCCCC3)c(Cl)c1. The molecule has 0 radical (unpaired) electrons. The summed E-state index contributed by atoms with van der Waals surface area (Å²) in [4.78, 5) is 12.7. The molecule has 0 bridgehead atoms. The minimum atomic E-state index is -0.421. The van der Waals surface area contributed by atoms with Crippen LogP contribution in [0.5, 0.6) is 0 Å². The van der Waals surface area contributed by atoms with Crippen molar-refractivity contribution in [2.24, 2.45) is 0 Å². The van der Waals surface area contributed by atoms with Crippen molar-refractivity contribution >= 4 is 23.0 Å². The molecule has 1 atom stereocenters. The molecule has 0 N–H and O–H groups in total. The van der Waals surface area contributed by atoms with Gasteiger partial charge in [-0.25, -0.2) is 0 Å². The van der Waals surface area contributed by atoms with Crippen LogP contribution in [0.25, 0.3) is 0 Å². The van der Waals surface area contributed by atoms with Crippen molar-refractivity contribution < 1.29 is 4.92 Å². The molecule has 7 nitrogen and oxygen atoms in total. The summed E-state index contributed by atoms with van der Waals surface area (Å²) in [6, 6.07) is 4.81. The Labute approximate surface area is 150 Å². The molecule has 1 aromatic heterocycles. The van der Waals surface area contributed by atoms with Crippen molar-refractivity contribution in [2.75, 3.05) is 11.4 Å². The van der Waals surface area contributed by atoms with Gasteiger partial charge < -0.3 is 9.47 Å². The molecule has 8 heteroatoms. The number of aromatic nitrogens is 3. The Bertz CT molecular complexity index is 806. The van der Waals surface area contributed by atoms with Gasteiger partial charge in [-0.15, -0.1) is 10.2 Å². The molecule has 0 amide bonds. The maximum absolute atomic E-state index is 10.9. The van der Waals surface area contributed by atoms with Gasteiger partial charge in [0.05, 0.1) is 21.7 Å². The second-order valence-electron chi connectivity index (χ2n) is 6.68. The number of non-ortho nitro benzene ring substituents is 1. The third-order valence-electron chi connectivity index (χ3n) is 5.14. The monoisotopic (exact) mass is 361 g/mol. The first-order valence-electron chi connectivity index (χ1n) is 8.77. The molecule has 0 saturated carbocycles. The van der Waals surface area contributed by atoms with Gasteiger partial charge in [0.2, 0.25) is 0 Å². The lowest BCUT2D eigenvalue weighted by molar-refractivity contribution is -0.384. The highest BCUT2D eigenvalue weighted by Crippen LogP contribution is 2.40. The Kier molecular flexibility index (Phi) is 4.33. The van der Waals surface area contributed by atoms with Gasteiger partial charge in [0.1, 0.15) is 5.82 Å².